The Morgan fingerprint density at radius 2 is 2.19 bits per heavy atom. The molecule has 21 heavy (non-hydrogen) atoms. The first-order chi connectivity index (χ1) is 9.67. The maximum Gasteiger partial charge on any atom is 0.223 e. The Labute approximate surface area is 156 Å². The van der Waals surface area contributed by atoms with E-state index in [9.17, 15) is 4.79 Å². The first-order valence-electron chi connectivity index (χ1n) is 6.81. The molecule has 3 nitrogen and oxygen atoms in total. The van der Waals surface area contributed by atoms with Crippen LogP contribution in [0.15, 0.2) is 18.2 Å². The summed E-state index contributed by atoms with van der Waals surface area (Å²) in [7, 11) is 0. The van der Waals surface area contributed by atoms with E-state index < -0.39 is 0 Å². The molecule has 0 saturated heterocycles. The van der Waals surface area contributed by atoms with Gasteiger partial charge in [-0.1, -0.05) is 6.92 Å². The molecule has 0 saturated carbocycles. The van der Waals surface area contributed by atoms with Gasteiger partial charge in [-0.05, 0) is 25.3 Å². The third kappa shape index (κ3) is 4.57. The van der Waals surface area contributed by atoms with E-state index in [4.69, 9.17) is 4.74 Å². The zero-order valence-electron chi connectivity index (χ0n) is 12.8. The Kier molecular flexibility index (Phi) is 8.00. The average molecular weight is 379 g/mol. The molecule has 0 spiro atoms. The number of benzene rings is 1. The van der Waals surface area contributed by atoms with Crippen LogP contribution in [0.5, 0.6) is 5.75 Å². The van der Waals surface area contributed by atoms with Crippen molar-refractivity contribution >= 4 is 23.4 Å². The summed E-state index contributed by atoms with van der Waals surface area (Å²) in [5.74, 6) is 1.70. The Morgan fingerprint density at radius 1 is 1.43 bits per heavy atom. The molecule has 1 radical (unpaired) electrons. The van der Waals surface area contributed by atoms with Crippen LogP contribution in [0.3, 0.4) is 0 Å². The molecular formula is C16H20NO2SY-. The van der Waals surface area contributed by atoms with Crippen LogP contribution in [-0.2, 0) is 37.5 Å². The Morgan fingerprint density at radius 3 is 2.81 bits per heavy atom. The summed E-state index contributed by atoms with van der Waals surface area (Å²) < 4.78 is 5.61. The second kappa shape index (κ2) is 8.97. The van der Waals surface area contributed by atoms with Gasteiger partial charge < -0.3 is 9.64 Å². The predicted octanol–water partition coefficient (Wildman–Crippen LogP) is 3.48. The summed E-state index contributed by atoms with van der Waals surface area (Å²) in [6, 6.07) is 6.00. The van der Waals surface area contributed by atoms with Crippen molar-refractivity contribution in [3.63, 3.8) is 0 Å². The molecule has 1 aromatic rings. The van der Waals surface area contributed by atoms with Crippen molar-refractivity contribution in [1.82, 2.24) is 4.90 Å². The standard InChI is InChI=1S/C16H20NO2S.Y/c1-4-17-15(6-5-7-16(17)18)14-9-8-13(10-12(14)2)19-11-20-3;/h8-10H,4-5,7,11H2,1-3H3;/q-1;. The maximum atomic E-state index is 12.0. The molecule has 2 rings (SSSR count). The van der Waals surface area contributed by atoms with Gasteiger partial charge in [-0.2, -0.15) is 0 Å². The van der Waals surface area contributed by atoms with Gasteiger partial charge in [-0.3, -0.25) is 4.79 Å². The third-order valence-electron chi connectivity index (χ3n) is 3.31. The minimum absolute atomic E-state index is 0. The van der Waals surface area contributed by atoms with Crippen molar-refractivity contribution < 1.29 is 42.2 Å². The molecule has 1 aliphatic heterocycles. The van der Waals surface area contributed by atoms with Crippen molar-refractivity contribution in [3.8, 4) is 5.75 Å². The van der Waals surface area contributed by atoms with E-state index in [-0.39, 0.29) is 38.6 Å². The van der Waals surface area contributed by atoms with Gasteiger partial charge in [0.15, 0.2) is 0 Å². The molecule has 0 atom stereocenters. The van der Waals surface area contributed by atoms with E-state index in [0.29, 0.717) is 25.3 Å². The van der Waals surface area contributed by atoms with E-state index >= 15 is 0 Å². The number of aryl methyl sites for hydroxylation is 1. The number of nitrogens with zero attached hydrogens (tertiary/aromatic N) is 1. The number of carbonyl (C=O) groups excluding carboxylic acids is 1. The van der Waals surface area contributed by atoms with Gasteiger partial charge in [0.1, 0.15) is 11.7 Å². The van der Waals surface area contributed by atoms with Crippen molar-refractivity contribution in [2.75, 3.05) is 18.7 Å². The maximum absolute atomic E-state index is 12.0. The first-order valence-corrected chi connectivity index (χ1v) is 8.20. The molecule has 111 valence electrons. The topological polar surface area (TPSA) is 29.5 Å². The summed E-state index contributed by atoms with van der Waals surface area (Å²) in [5, 5.41) is 0. The van der Waals surface area contributed by atoms with Gasteiger partial charge >= 0.3 is 0 Å². The van der Waals surface area contributed by atoms with Crippen LogP contribution in [-0.4, -0.2) is 29.5 Å². The second-order valence-corrected chi connectivity index (χ2v) is 5.50. The summed E-state index contributed by atoms with van der Waals surface area (Å²) in [6.07, 6.45) is 6.62. The number of hydrogen-bond donors (Lipinski definition) is 0. The van der Waals surface area contributed by atoms with Gasteiger partial charge in [0.25, 0.3) is 0 Å². The number of hydrogen-bond acceptors (Lipinski definition) is 3. The van der Waals surface area contributed by atoms with Crippen LogP contribution in [0.2, 0.25) is 0 Å². The molecule has 0 bridgehead atoms. The molecule has 0 N–H and O–H groups in total. The summed E-state index contributed by atoms with van der Waals surface area (Å²) in [4.78, 5) is 13.8. The summed E-state index contributed by atoms with van der Waals surface area (Å²) >= 11 is 1.65. The monoisotopic (exact) mass is 379 g/mol. The number of ether oxygens (including phenoxy) is 1. The zero-order chi connectivity index (χ0) is 14.5. The second-order valence-electron chi connectivity index (χ2n) is 4.69. The SMILES string of the molecule is CCN1C(=O)CC[C-]=C1c1ccc(OCSC)cc1C.[Y]. The number of thioether (sulfide) groups is 1. The number of rotatable bonds is 5. The van der Waals surface area contributed by atoms with E-state index in [1.165, 1.54) is 0 Å². The largest absolute Gasteiger partial charge is 0.483 e. The zero-order valence-corrected chi connectivity index (χ0v) is 16.5. The van der Waals surface area contributed by atoms with Crippen LogP contribution in [0.25, 0.3) is 5.70 Å². The molecule has 1 aromatic carbocycles. The molecule has 1 amide bonds. The third-order valence-corrected chi connectivity index (χ3v) is 3.67. The van der Waals surface area contributed by atoms with Gasteiger partial charge in [0.05, 0.1) is 0 Å². The van der Waals surface area contributed by atoms with E-state index in [2.05, 4.69) is 6.08 Å². The smallest absolute Gasteiger partial charge is 0.223 e. The van der Waals surface area contributed by atoms with E-state index in [0.717, 1.165) is 22.6 Å². The van der Waals surface area contributed by atoms with Crippen LogP contribution in [0.4, 0.5) is 0 Å². The minimum atomic E-state index is 0. The van der Waals surface area contributed by atoms with Crippen LogP contribution >= 0.6 is 11.8 Å². The fraction of sp³-hybridized carbons (Fsp3) is 0.438. The summed E-state index contributed by atoms with van der Waals surface area (Å²) in [5.41, 5.74) is 3.09. The number of amides is 1. The molecular weight excluding hydrogens is 359 g/mol. The van der Waals surface area contributed by atoms with Crippen molar-refractivity contribution in [1.29, 1.82) is 0 Å². The fourth-order valence-corrected chi connectivity index (χ4v) is 2.59. The van der Waals surface area contributed by atoms with Crippen molar-refractivity contribution in [3.05, 3.63) is 35.4 Å². The van der Waals surface area contributed by atoms with Crippen molar-refractivity contribution in [2.24, 2.45) is 0 Å². The Hall–Kier alpha value is -0.316. The Bertz CT molecular complexity index is 531. The van der Waals surface area contributed by atoms with Crippen molar-refractivity contribution in [2.45, 2.75) is 26.7 Å². The predicted molar refractivity (Wildman–Crippen MR) is 83.5 cm³/mol. The molecule has 0 fully saturated rings. The molecule has 1 heterocycles. The van der Waals surface area contributed by atoms with Crippen LogP contribution in [0, 0.1) is 13.0 Å². The first kappa shape index (κ1) is 18.7. The number of carbonyl (C=O) groups is 1. The van der Waals surface area contributed by atoms with Gasteiger partial charge in [0.2, 0.25) is 5.91 Å². The Balaban J connectivity index is 0.00000220. The quantitative estimate of drug-likeness (QED) is 0.580. The summed E-state index contributed by atoms with van der Waals surface area (Å²) in [6.45, 7) is 4.73. The molecule has 0 aromatic heterocycles. The minimum Gasteiger partial charge on any atom is -0.483 e. The van der Waals surface area contributed by atoms with Gasteiger partial charge in [-0.25, -0.2) is 6.08 Å². The molecule has 5 heteroatoms. The molecule has 0 aliphatic carbocycles. The van der Waals surface area contributed by atoms with Gasteiger partial charge in [-0.15, -0.1) is 41.1 Å². The normalized spacial score (nSPS) is 14.5. The van der Waals surface area contributed by atoms with Crippen LogP contribution in [0.1, 0.15) is 30.9 Å². The van der Waals surface area contributed by atoms with E-state index in [1.807, 2.05) is 43.2 Å². The molecule has 1 aliphatic rings. The van der Waals surface area contributed by atoms with Crippen LogP contribution < -0.4 is 4.74 Å². The molecule has 0 unspecified atom stereocenters. The van der Waals surface area contributed by atoms with Gasteiger partial charge in [0, 0.05) is 45.7 Å². The average Bonchev–Trinajstić information content (AvgIpc) is 2.45. The number of allylic oxidation sites excluding steroid dienone is 1. The fourth-order valence-electron chi connectivity index (χ4n) is 2.34. The van der Waals surface area contributed by atoms with E-state index in [1.54, 1.807) is 11.8 Å².